The molecule has 0 radical (unpaired) electrons. The SMILES string of the molecule is O=S(=O)(C=Cc1ccccc1)NCC(c1ccsc1)c1ccco1. The molecule has 0 bridgehead atoms. The molecule has 0 fully saturated rings. The first kappa shape index (κ1) is 16.7. The highest BCUT2D eigenvalue weighted by Crippen LogP contribution is 2.26. The average Bonchev–Trinajstić information content (AvgIpc) is 3.28. The topological polar surface area (TPSA) is 59.3 Å². The molecule has 4 nitrogen and oxygen atoms in total. The molecule has 0 saturated heterocycles. The molecule has 124 valence electrons. The Morgan fingerprint density at radius 1 is 1.12 bits per heavy atom. The van der Waals surface area contributed by atoms with E-state index in [1.54, 1.807) is 29.7 Å². The lowest BCUT2D eigenvalue weighted by Gasteiger charge is -2.13. The van der Waals surface area contributed by atoms with Gasteiger partial charge in [-0.1, -0.05) is 30.3 Å². The summed E-state index contributed by atoms with van der Waals surface area (Å²) in [4.78, 5) is 0. The molecule has 3 rings (SSSR count). The predicted molar refractivity (Wildman–Crippen MR) is 97.3 cm³/mol. The lowest BCUT2D eigenvalue weighted by molar-refractivity contribution is 0.482. The van der Waals surface area contributed by atoms with Crippen LogP contribution >= 0.6 is 11.3 Å². The van der Waals surface area contributed by atoms with Crippen molar-refractivity contribution in [2.24, 2.45) is 0 Å². The minimum atomic E-state index is -3.53. The van der Waals surface area contributed by atoms with E-state index < -0.39 is 10.0 Å². The fraction of sp³-hybridized carbons (Fsp3) is 0.111. The van der Waals surface area contributed by atoms with Gasteiger partial charge in [-0.15, -0.1) is 0 Å². The van der Waals surface area contributed by atoms with Gasteiger partial charge in [0.2, 0.25) is 10.0 Å². The maximum absolute atomic E-state index is 12.2. The van der Waals surface area contributed by atoms with Crippen molar-refractivity contribution >= 4 is 27.4 Å². The number of benzene rings is 1. The molecule has 2 aromatic heterocycles. The highest BCUT2D eigenvalue weighted by Gasteiger charge is 2.19. The van der Waals surface area contributed by atoms with E-state index in [9.17, 15) is 8.42 Å². The maximum atomic E-state index is 12.2. The number of rotatable bonds is 7. The largest absolute Gasteiger partial charge is 0.469 e. The smallest absolute Gasteiger partial charge is 0.233 e. The minimum Gasteiger partial charge on any atom is -0.469 e. The Kier molecular flexibility index (Phi) is 5.30. The Hall–Kier alpha value is -2.15. The molecule has 0 aliphatic carbocycles. The van der Waals surface area contributed by atoms with E-state index in [0.717, 1.165) is 16.9 Å². The zero-order valence-corrected chi connectivity index (χ0v) is 14.5. The van der Waals surface area contributed by atoms with Crippen LogP contribution in [0.2, 0.25) is 0 Å². The Labute approximate surface area is 145 Å². The Morgan fingerprint density at radius 3 is 2.62 bits per heavy atom. The van der Waals surface area contributed by atoms with Crippen LogP contribution in [0.1, 0.15) is 22.8 Å². The fourth-order valence-corrected chi connectivity index (χ4v) is 3.87. The van der Waals surface area contributed by atoms with Gasteiger partial charge in [0, 0.05) is 12.0 Å². The van der Waals surface area contributed by atoms with Gasteiger partial charge < -0.3 is 4.42 Å². The third-order valence-corrected chi connectivity index (χ3v) is 5.32. The van der Waals surface area contributed by atoms with E-state index in [1.807, 2.05) is 53.2 Å². The van der Waals surface area contributed by atoms with Gasteiger partial charge in [-0.05, 0) is 46.2 Å². The van der Waals surface area contributed by atoms with Crippen molar-refractivity contribution in [2.75, 3.05) is 6.54 Å². The van der Waals surface area contributed by atoms with Crippen molar-refractivity contribution in [3.63, 3.8) is 0 Å². The molecular formula is C18H17NO3S2. The molecular weight excluding hydrogens is 342 g/mol. The maximum Gasteiger partial charge on any atom is 0.233 e. The highest BCUT2D eigenvalue weighted by molar-refractivity contribution is 7.92. The van der Waals surface area contributed by atoms with Crippen molar-refractivity contribution < 1.29 is 12.8 Å². The quantitative estimate of drug-likeness (QED) is 0.692. The average molecular weight is 359 g/mol. The van der Waals surface area contributed by atoms with Crippen LogP contribution < -0.4 is 4.72 Å². The second kappa shape index (κ2) is 7.61. The number of nitrogens with one attached hydrogen (secondary N) is 1. The van der Waals surface area contributed by atoms with Gasteiger partial charge in [-0.2, -0.15) is 11.3 Å². The standard InChI is InChI=1S/C18H17NO3S2/c20-24(21,12-9-15-5-2-1-3-6-15)19-13-17(16-8-11-23-14-16)18-7-4-10-22-18/h1-12,14,17,19H,13H2. The molecule has 0 spiro atoms. The van der Waals surface area contributed by atoms with Gasteiger partial charge in [0.1, 0.15) is 5.76 Å². The summed E-state index contributed by atoms with van der Waals surface area (Å²) >= 11 is 1.57. The summed E-state index contributed by atoms with van der Waals surface area (Å²) in [6, 6.07) is 15.0. The Balaban J connectivity index is 1.71. The van der Waals surface area contributed by atoms with E-state index in [1.165, 1.54) is 5.41 Å². The molecule has 1 atom stereocenters. The lowest BCUT2D eigenvalue weighted by atomic mass is 10.00. The molecule has 1 aromatic carbocycles. The summed E-state index contributed by atoms with van der Waals surface area (Å²) in [5, 5.41) is 5.16. The number of hydrogen-bond donors (Lipinski definition) is 1. The molecule has 0 saturated carbocycles. The van der Waals surface area contributed by atoms with Gasteiger partial charge in [0.05, 0.1) is 12.2 Å². The summed E-state index contributed by atoms with van der Waals surface area (Å²) < 4.78 is 32.5. The lowest BCUT2D eigenvalue weighted by Crippen LogP contribution is -2.27. The number of furan rings is 1. The van der Waals surface area contributed by atoms with Gasteiger partial charge in [-0.3, -0.25) is 0 Å². The van der Waals surface area contributed by atoms with Crippen LogP contribution in [-0.4, -0.2) is 15.0 Å². The first-order valence-corrected chi connectivity index (χ1v) is 9.91. The molecule has 1 N–H and O–H groups in total. The van der Waals surface area contributed by atoms with E-state index in [4.69, 9.17) is 4.42 Å². The number of thiophene rings is 1. The molecule has 2 heterocycles. The van der Waals surface area contributed by atoms with Crippen molar-refractivity contribution in [3.8, 4) is 0 Å². The predicted octanol–water partition coefficient (Wildman–Crippen LogP) is 4.06. The Morgan fingerprint density at radius 2 is 1.96 bits per heavy atom. The van der Waals surface area contributed by atoms with Crippen molar-refractivity contribution in [3.05, 3.63) is 87.8 Å². The molecule has 0 aliphatic heterocycles. The Bertz CT molecular complexity index is 834. The second-order valence-electron chi connectivity index (χ2n) is 5.23. The molecule has 6 heteroatoms. The first-order chi connectivity index (χ1) is 11.6. The highest BCUT2D eigenvalue weighted by atomic mass is 32.2. The van der Waals surface area contributed by atoms with Crippen LogP contribution in [0.3, 0.4) is 0 Å². The third kappa shape index (κ3) is 4.44. The number of hydrogen-bond acceptors (Lipinski definition) is 4. The summed E-state index contributed by atoms with van der Waals surface area (Å²) in [6.45, 7) is 0.242. The van der Waals surface area contributed by atoms with Crippen LogP contribution in [0.4, 0.5) is 0 Å². The zero-order chi connectivity index (χ0) is 16.8. The minimum absolute atomic E-state index is 0.147. The molecule has 1 unspecified atom stereocenters. The summed E-state index contributed by atoms with van der Waals surface area (Å²) in [5.74, 6) is 0.592. The monoisotopic (exact) mass is 359 g/mol. The summed E-state index contributed by atoms with van der Waals surface area (Å²) in [7, 11) is -3.53. The van der Waals surface area contributed by atoms with Gasteiger partial charge in [-0.25, -0.2) is 13.1 Å². The van der Waals surface area contributed by atoms with E-state index in [0.29, 0.717) is 0 Å². The van der Waals surface area contributed by atoms with E-state index in [2.05, 4.69) is 4.72 Å². The van der Waals surface area contributed by atoms with Crippen molar-refractivity contribution in [1.29, 1.82) is 0 Å². The molecule has 3 aromatic rings. The zero-order valence-electron chi connectivity index (χ0n) is 12.8. The van der Waals surface area contributed by atoms with Crippen LogP contribution in [-0.2, 0) is 10.0 Å². The van der Waals surface area contributed by atoms with E-state index in [-0.39, 0.29) is 12.5 Å². The molecule has 24 heavy (non-hydrogen) atoms. The molecule has 0 aliphatic rings. The number of sulfonamides is 1. The summed E-state index contributed by atoms with van der Waals surface area (Å²) in [6.07, 6.45) is 3.17. The van der Waals surface area contributed by atoms with Crippen molar-refractivity contribution in [2.45, 2.75) is 5.92 Å². The van der Waals surface area contributed by atoms with Crippen LogP contribution in [0.25, 0.3) is 6.08 Å². The van der Waals surface area contributed by atoms with Crippen LogP contribution in [0.15, 0.2) is 75.4 Å². The normalized spacial score (nSPS) is 13.3. The molecule has 0 amide bonds. The van der Waals surface area contributed by atoms with Crippen molar-refractivity contribution in [1.82, 2.24) is 4.72 Å². The second-order valence-corrected chi connectivity index (χ2v) is 7.66. The third-order valence-electron chi connectivity index (χ3n) is 3.56. The van der Waals surface area contributed by atoms with Gasteiger partial charge >= 0.3 is 0 Å². The van der Waals surface area contributed by atoms with E-state index >= 15 is 0 Å². The first-order valence-electron chi connectivity index (χ1n) is 7.42. The van der Waals surface area contributed by atoms with Gasteiger partial charge in [0.15, 0.2) is 0 Å². The fourth-order valence-electron chi connectivity index (χ4n) is 2.33. The van der Waals surface area contributed by atoms with Crippen LogP contribution in [0.5, 0.6) is 0 Å². The van der Waals surface area contributed by atoms with Crippen LogP contribution in [0, 0.1) is 0 Å². The summed E-state index contributed by atoms with van der Waals surface area (Å²) in [5.41, 5.74) is 1.87. The van der Waals surface area contributed by atoms with Gasteiger partial charge in [0.25, 0.3) is 0 Å².